The predicted octanol–water partition coefficient (Wildman–Crippen LogP) is -1.04. The number of carboxylic acids is 8. The van der Waals surface area contributed by atoms with Gasteiger partial charge in [-0.25, -0.2) is 0 Å². The molecule has 0 radical (unpaired) electrons. The van der Waals surface area contributed by atoms with E-state index in [4.69, 9.17) is 40.9 Å². The molecular weight excluding hydrogens is 424 g/mol. The molecule has 0 saturated heterocycles. The quantitative estimate of drug-likeness (QED) is 0.186. The second kappa shape index (κ2) is 21.1. The first kappa shape index (κ1) is 33.4. The van der Waals surface area contributed by atoms with Gasteiger partial charge in [0.1, 0.15) is 12.8 Å². The summed E-state index contributed by atoms with van der Waals surface area (Å²) in [5.74, 6) is -9.56. The fraction of sp³-hybridized carbons (Fsp3) is 0.429. The first-order chi connectivity index (χ1) is 13.5. The third-order valence-electron chi connectivity index (χ3n) is 1.71. The van der Waals surface area contributed by atoms with Gasteiger partial charge in [-0.2, -0.15) is 0 Å². The fourth-order valence-corrected chi connectivity index (χ4v) is 0.686. The zero-order valence-electron chi connectivity index (χ0n) is 15.1. The average Bonchev–Trinajstić information content (AvgIpc) is 2.50. The summed E-state index contributed by atoms with van der Waals surface area (Å²) < 4.78 is 0. The topological polar surface area (TPSA) is 298 Å². The van der Waals surface area contributed by atoms with Gasteiger partial charge in [0.25, 0.3) is 0 Å². The fourth-order valence-electron chi connectivity index (χ4n) is 0.686. The van der Waals surface area contributed by atoms with E-state index in [9.17, 15) is 38.4 Å². The Labute approximate surface area is 166 Å². The number of carbonyl (C=O) groups is 8. The van der Waals surface area contributed by atoms with Crippen molar-refractivity contribution in [1.82, 2.24) is 0 Å². The van der Waals surface area contributed by atoms with Crippen LogP contribution in [0.2, 0.25) is 0 Å². The van der Waals surface area contributed by atoms with Crippen LogP contribution in [0.25, 0.3) is 0 Å². The molecule has 0 atom stereocenters. The maximum absolute atomic E-state index is 9.64. The second-order valence-corrected chi connectivity index (χ2v) is 4.50. The van der Waals surface area contributed by atoms with Gasteiger partial charge in [-0.05, 0) is 0 Å². The Morgan fingerprint density at radius 2 is 0.433 bits per heavy atom. The molecule has 0 spiro atoms. The zero-order chi connectivity index (χ0) is 24.9. The van der Waals surface area contributed by atoms with E-state index in [-0.39, 0.29) is 25.7 Å². The summed E-state index contributed by atoms with van der Waals surface area (Å²) in [5.41, 5.74) is 0. The highest BCUT2D eigenvalue weighted by Crippen LogP contribution is 1.86. The largest absolute Gasteiger partial charge is 0.481 e. The van der Waals surface area contributed by atoms with Crippen LogP contribution in [0, 0.1) is 0 Å². The Morgan fingerprint density at radius 3 is 0.467 bits per heavy atom. The van der Waals surface area contributed by atoms with E-state index in [0.717, 1.165) is 0 Å². The standard InChI is InChI=1S/2C4H6O4.2C3H4O4/c2*5-3(6)1-2-4(7)8;2*4-2(5)1-3(6)7/h2*1-2H2,(H,5,6)(H,7,8);2*1H2,(H,4,5)(H,6,7). The molecule has 0 aromatic heterocycles. The van der Waals surface area contributed by atoms with Crippen LogP contribution in [0.1, 0.15) is 38.5 Å². The zero-order valence-corrected chi connectivity index (χ0v) is 15.1. The third kappa shape index (κ3) is 65.0. The minimum Gasteiger partial charge on any atom is -0.481 e. The summed E-state index contributed by atoms with van der Waals surface area (Å²) in [6.45, 7) is 0. The highest BCUT2D eigenvalue weighted by molar-refractivity contribution is 5.89. The van der Waals surface area contributed by atoms with Gasteiger partial charge in [0.2, 0.25) is 0 Å². The molecular formula is C14H20O16. The number of rotatable bonds is 10. The molecule has 0 aromatic carbocycles. The normalized spacial score (nSPS) is 8.27. The Morgan fingerprint density at radius 1 is 0.300 bits per heavy atom. The molecule has 172 valence electrons. The molecule has 0 rings (SSSR count). The lowest BCUT2D eigenvalue weighted by Gasteiger charge is -1.85. The van der Waals surface area contributed by atoms with Crippen molar-refractivity contribution in [3.63, 3.8) is 0 Å². The minimum absolute atomic E-state index is 0.296. The summed E-state index contributed by atoms with van der Waals surface area (Å²) in [4.78, 5) is 76.3. The number of hydrogen-bond acceptors (Lipinski definition) is 8. The highest BCUT2D eigenvalue weighted by atomic mass is 16.4. The molecule has 30 heavy (non-hydrogen) atoms. The summed E-state index contributed by atoms with van der Waals surface area (Å²) in [6, 6.07) is 0. The van der Waals surface area contributed by atoms with Crippen LogP contribution in [-0.2, 0) is 38.4 Å². The minimum atomic E-state index is -1.31. The van der Waals surface area contributed by atoms with E-state index < -0.39 is 60.6 Å². The molecule has 0 amide bonds. The monoisotopic (exact) mass is 444 g/mol. The molecule has 0 bridgehead atoms. The summed E-state index contributed by atoms with van der Waals surface area (Å²) in [7, 11) is 0. The SMILES string of the molecule is O=C(O)CC(=O)O.O=C(O)CC(=O)O.O=C(O)CCC(=O)O.O=C(O)CCC(=O)O. The smallest absolute Gasteiger partial charge is 0.314 e. The van der Waals surface area contributed by atoms with Gasteiger partial charge in [-0.1, -0.05) is 0 Å². The second-order valence-electron chi connectivity index (χ2n) is 4.50. The van der Waals surface area contributed by atoms with Crippen LogP contribution >= 0.6 is 0 Å². The molecule has 0 aliphatic rings. The first-order valence-corrected chi connectivity index (χ1v) is 7.25. The van der Waals surface area contributed by atoms with Crippen molar-refractivity contribution in [3.05, 3.63) is 0 Å². The van der Waals surface area contributed by atoms with E-state index in [2.05, 4.69) is 0 Å². The molecule has 0 heterocycles. The van der Waals surface area contributed by atoms with Crippen molar-refractivity contribution in [3.8, 4) is 0 Å². The van der Waals surface area contributed by atoms with Crippen molar-refractivity contribution in [1.29, 1.82) is 0 Å². The van der Waals surface area contributed by atoms with Gasteiger partial charge in [0, 0.05) is 0 Å². The Bertz CT molecular complexity index is 513. The van der Waals surface area contributed by atoms with Crippen molar-refractivity contribution in [2.75, 3.05) is 0 Å². The van der Waals surface area contributed by atoms with Gasteiger partial charge in [0.05, 0.1) is 25.7 Å². The van der Waals surface area contributed by atoms with Gasteiger partial charge >= 0.3 is 47.8 Å². The molecule has 0 aromatic rings. The van der Waals surface area contributed by atoms with Crippen molar-refractivity contribution >= 4 is 47.8 Å². The van der Waals surface area contributed by atoms with Crippen LogP contribution in [0.15, 0.2) is 0 Å². The number of aliphatic carboxylic acids is 8. The van der Waals surface area contributed by atoms with Crippen LogP contribution in [0.3, 0.4) is 0 Å². The lowest BCUT2D eigenvalue weighted by Crippen LogP contribution is -2.03. The van der Waals surface area contributed by atoms with E-state index in [1.54, 1.807) is 0 Å². The van der Waals surface area contributed by atoms with Crippen LogP contribution < -0.4 is 0 Å². The van der Waals surface area contributed by atoms with E-state index in [1.165, 1.54) is 0 Å². The molecule has 0 unspecified atom stereocenters. The lowest BCUT2D eigenvalue weighted by molar-refractivity contribution is -0.149. The van der Waals surface area contributed by atoms with Crippen molar-refractivity contribution < 1.29 is 79.2 Å². The third-order valence-corrected chi connectivity index (χ3v) is 1.71. The van der Waals surface area contributed by atoms with E-state index in [0.29, 0.717) is 0 Å². The molecule has 0 aliphatic carbocycles. The Balaban J connectivity index is -0.000000151. The molecule has 8 N–H and O–H groups in total. The van der Waals surface area contributed by atoms with Crippen molar-refractivity contribution in [2.45, 2.75) is 38.5 Å². The summed E-state index contributed by atoms with van der Waals surface area (Å²) in [6.07, 6.45) is -2.80. The van der Waals surface area contributed by atoms with Gasteiger partial charge in [-0.15, -0.1) is 0 Å². The van der Waals surface area contributed by atoms with Crippen molar-refractivity contribution in [2.24, 2.45) is 0 Å². The summed E-state index contributed by atoms with van der Waals surface area (Å²) >= 11 is 0. The summed E-state index contributed by atoms with van der Waals surface area (Å²) in [5, 5.41) is 62.4. The number of carboxylic acid groups (broad SMARTS) is 8. The van der Waals surface area contributed by atoms with Crippen LogP contribution in [0.4, 0.5) is 0 Å². The maximum atomic E-state index is 9.64. The van der Waals surface area contributed by atoms with Gasteiger partial charge in [-0.3, -0.25) is 38.4 Å². The molecule has 0 saturated carbocycles. The van der Waals surface area contributed by atoms with E-state index >= 15 is 0 Å². The van der Waals surface area contributed by atoms with E-state index in [1.807, 2.05) is 0 Å². The van der Waals surface area contributed by atoms with Gasteiger partial charge < -0.3 is 40.9 Å². The molecule has 16 nitrogen and oxygen atoms in total. The molecule has 0 aliphatic heterocycles. The van der Waals surface area contributed by atoms with Crippen LogP contribution in [-0.4, -0.2) is 88.6 Å². The van der Waals surface area contributed by atoms with Gasteiger partial charge in [0.15, 0.2) is 0 Å². The molecule has 16 heteroatoms. The Kier molecular flexibility index (Phi) is 23.4. The Hall–Kier alpha value is -4.24. The first-order valence-electron chi connectivity index (χ1n) is 7.25. The maximum Gasteiger partial charge on any atom is 0.314 e. The number of hydrogen-bond donors (Lipinski definition) is 8. The lowest BCUT2D eigenvalue weighted by atomic mass is 10.3. The highest BCUT2D eigenvalue weighted by Gasteiger charge is 2.02. The van der Waals surface area contributed by atoms with Crippen LogP contribution in [0.5, 0.6) is 0 Å². The predicted molar refractivity (Wildman–Crippen MR) is 88.8 cm³/mol. The average molecular weight is 444 g/mol. The molecule has 0 fully saturated rings.